The molecule has 3 rings (SSSR count). The van der Waals surface area contributed by atoms with Gasteiger partial charge in [-0.25, -0.2) is 0 Å². The summed E-state index contributed by atoms with van der Waals surface area (Å²) >= 11 is 0. The van der Waals surface area contributed by atoms with Crippen LogP contribution in [0.1, 0.15) is 31.7 Å². The second-order valence-corrected chi connectivity index (χ2v) is 6.96. The molecule has 0 aliphatic carbocycles. The maximum atomic E-state index is 12.6. The van der Waals surface area contributed by atoms with Crippen molar-refractivity contribution in [1.29, 1.82) is 0 Å². The van der Waals surface area contributed by atoms with Crippen molar-refractivity contribution < 1.29 is 22.8 Å². The second kappa shape index (κ2) is 6.69. The van der Waals surface area contributed by atoms with Crippen molar-refractivity contribution in [1.82, 2.24) is 4.90 Å². The van der Waals surface area contributed by atoms with Crippen molar-refractivity contribution in [3.05, 3.63) is 29.8 Å². The fourth-order valence-corrected chi connectivity index (χ4v) is 3.44. The molecule has 2 fully saturated rings. The lowest BCUT2D eigenvalue weighted by Gasteiger charge is -2.32. The van der Waals surface area contributed by atoms with Crippen molar-refractivity contribution in [3.63, 3.8) is 0 Å². The normalized spacial score (nSPS) is 22.6. The molecule has 2 heterocycles. The van der Waals surface area contributed by atoms with Gasteiger partial charge in [0.15, 0.2) is 0 Å². The Morgan fingerprint density at radius 3 is 2.28 bits per heavy atom. The Balaban J connectivity index is 1.67. The maximum absolute atomic E-state index is 12.6. The summed E-state index contributed by atoms with van der Waals surface area (Å²) < 4.78 is 37.9. The number of likely N-dealkylation sites (tertiary alicyclic amines) is 1. The SMILES string of the molecule is CC1CCN(C(=O)C2CC(=O)N(c3ccc(C(F)(F)F)cc3)C2)CC1. The predicted octanol–water partition coefficient (Wildman–Crippen LogP) is 3.32. The topological polar surface area (TPSA) is 40.6 Å². The Labute approximate surface area is 144 Å². The van der Waals surface area contributed by atoms with E-state index in [1.807, 2.05) is 4.90 Å². The van der Waals surface area contributed by atoms with Crippen molar-refractivity contribution in [2.45, 2.75) is 32.4 Å². The smallest absolute Gasteiger partial charge is 0.342 e. The van der Waals surface area contributed by atoms with Crippen molar-refractivity contribution in [3.8, 4) is 0 Å². The fourth-order valence-electron chi connectivity index (χ4n) is 3.44. The summed E-state index contributed by atoms with van der Waals surface area (Å²) in [5.74, 6) is -0.0424. The molecule has 1 unspecified atom stereocenters. The Bertz CT molecular complexity index is 649. The minimum absolute atomic E-state index is 0.0188. The van der Waals surface area contributed by atoms with Gasteiger partial charge >= 0.3 is 6.18 Å². The molecule has 7 heteroatoms. The number of hydrogen-bond acceptors (Lipinski definition) is 2. The Hall–Kier alpha value is -2.05. The van der Waals surface area contributed by atoms with E-state index in [0.717, 1.165) is 25.0 Å². The van der Waals surface area contributed by atoms with Crippen LogP contribution >= 0.6 is 0 Å². The van der Waals surface area contributed by atoms with E-state index in [-0.39, 0.29) is 24.8 Å². The Morgan fingerprint density at radius 2 is 1.72 bits per heavy atom. The number of halogens is 3. The van der Waals surface area contributed by atoms with Crippen LogP contribution in [0, 0.1) is 11.8 Å². The summed E-state index contributed by atoms with van der Waals surface area (Å²) in [6.07, 6.45) is -2.35. The standard InChI is InChI=1S/C18H21F3N2O2/c1-12-6-8-22(9-7-12)17(25)13-10-16(24)23(11-13)15-4-2-14(3-5-15)18(19,20)21/h2-5,12-13H,6-11H2,1H3. The number of anilines is 1. The molecule has 2 aliphatic heterocycles. The number of piperidine rings is 1. The third-order valence-electron chi connectivity index (χ3n) is 5.08. The molecule has 0 spiro atoms. The highest BCUT2D eigenvalue weighted by Gasteiger charge is 2.38. The molecule has 1 aromatic carbocycles. The highest BCUT2D eigenvalue weighted by molar-refractivity contribution is 6.00. The van der Waals surface area contributed by atoms with E-state index in [4.69, 9.17) is 0 Å². The van der Waals surface area contributed by atoms with Gasteiger partial charge in [0, 0.05) is 31.7 Å². The van der Waals surface area contributed by atoms with Crippen LogP contribution in [-0.2, 0) is 15.8 Å². The molecule has 2 aliphatic rings. The van der Waals surface area contributed by atoms with Gasteiger partial charge in [-0.3, -0.25) is 9.59 Å². The first-order valence-electron chi connectivity index (χ1n) is 8.52. The quantitative estimate of drug-likeness (QED) is 0.818. The van der Waals surface area contributed by atoms with E-state index in [2.05, 4.69) is 6.92 Å². The van der Waals surface area contributed by atoms with Gasteiger partial charge in [-0.15, -0.1) is 0 Å². The average molecular weight is 354 g/mol. The van der Waals surface area contributed by atoms with Crippen LogP contribution in [0.25, 0.3) is 0 Å². The Kier molecular flexibility index (Phi) is 4.75. The number of benzene rings is 1. The third-order valence-corrected chi connectivity index (χ3v) is 5.08. The van der Waals surface area contributed by atoms with E-state index in [1.54, 1.807) is 0 Å². The predicted molar refractivity (Wildman–Crippen MR) is 86.9 cm³/mol. The van der Waals surface area contributed by atoms with Gasteiger partial charge in [0.1, 0.15) is 0 Å². The van der Waals surface area contributed by atoms with Gasteiger partial charge in [-0.05, 0) is 43.0 Å². The van der Waals surface area contributed by atoms with E-state index in [0.29, 0.717) is 24.7 Å². The number of carbonyl (C=O) groups excluding carboxylic acids is 2. The molecule has 0 aromatic heterocycles. The minimum Gasteiger partial charge on any atom is -0.342 e. The molecule has 4 nitrogen and oxygen atoms in total. The fraction of sp³-hybridized carbons (Fsp3) is 0.556. The summed E-state index contributed by atoms with van der Waals surface area (Å²) in [5.41, 5.74) is -0.349. The number of hydrogen-bond donors (Lipinski definition) is 0. The first-order chi connectivity index (χ1) is 11.8. The van der Waals surface area contributed by atoms with E-state index >= 15 is 0 Å². The summed E-state index contributed by atoms with van der Waals surface area (Å²) in [6, 6.07) is 4.50. The molecule has 0 radical (unpaired) electrons. The van der Waals surface area contributed by atoms with Crippen LogP contribution in [0.15, 0.2) is 24.3 Å². The van der Waals surface area contributed by atoms with E-state index in [9.17, 15) is 22.8 Å². The lowest BCUT2D eigenvalue weighted by atomic mass is 9.97. The maximum Gasteiger partial charge on any atom is 0.416 e. The largest absolute Gasteiger partial charge is 0.416 e. The van der Waals surface area contributed by atoms with Crippen LogP contribution in [0.3, 0.4) is 0 Å². The van der Waals surface area contributed by atoms with E-state index < -0.39 is 17.7 Å². The first kappa shape index (κ1) is 17.8. The van der Waals surface area contributed by atoms with Crippen LogP contribution in [-0.4, -0.2) is 36.3 Å². The van der Waals surface area contributed by atoms with Crippen molar-refractivity contribution in [2.24, 2.45) is 11.8 Å². The molecular formula is C18H21F3N2O2. The van der Waals surface area contributed by atoms with Crippen molar-refractivity contribution in [2.75, 3.05) is 24.5 Å². The summed E-state index contributed by atoms with van der Waals surface area (Å²) in [4.78, 5) is 28.1. The zero-order valence-corrected chi connectivity index (χ0v) is 14.1. The number of alkyl halides is 3. The molecular weight excluding hydrogens is 333 g/mol. The highest BCUT2D eigenvalue weighted by Crippen LogP contribution is 2.32. The molecule has 0 bridgehead atoms. The second-order valence-electron chi connectivity index (χ2n) is 6.96. The van der Waals surface area contributed by atoms with Crippen LogP contribution in [0.5, 0.6) is 0 Å². The van der Waals surface area contributed by atoms with Gasteiger partial charge in [0.2, 0.25) is 11.8 Å². The van der Waals surface area contributed by atoms with Crippen LogP contribution < -0.4 is 4.90 Å². The van der Waals surface area contributed by atoms with Gasteiger partial charge in [-0.1, -0.05) is 6.92 Å². The number of amides is 2. The van der Waals surface area contributed by atoms with Gasteiger partial charge in [0.05, 0.1) is 11.5 Å². The van der Waals surface area contributed by atoms with Crippen molar-refractivity contribution >= 4 is 17.5 Å². The number of rotatable bonds is 2. The van der Waals surface area contributed by atoms with Gasteiger partial charge in [0.25, 0.3) is 0 Å². The molecule has 0 saturated carbocycles. The molecule has 1 aromatic rings. The van der Waals surface area contributed by atoms with Gasteiger partial charge < -0.3 is 9.80 Å². The lowest BCUT2D eigenvalue weighted by molar-refractivity contribution is -0.138. The summed E-state index contributed by atoms with van der Waals surface area (Å²) in [6.45, 7) is 3.82. The van der Waals surface area contributed by atoms with Crippen LogP contribution in [0.4, 0.5) is 18.9 Å². The van der Waals surface area contributed by atoms with Gasteiger partial charge in [-0.2, -0.15) is 13.2 Å². The molecule has 25 heavy (non-hydrogen) atoms. The molecule has 1 atom stereocenters. The van der Waals surface area contributed by atoms with E-state index in [1.165, 1.54) is 17.0 Å². The first-order valence-corrected chi connectivity index (χ1v) is 8.52. The third kappa shape index (κ3) is 3.80. The molecule has 136 valence electrons. The molecule has 2 amide bonds. The minimum atomic E-state index is -4.41. The lowest BCUT2D eigenvalue weighted by Crippen LogP contribution is -2.42. The summed E-state index contributed by atoms with van der Waals surface area (Å²) in [7, 11) is 0. The highest BCUT2D eigenvalue weighted by atomic mass is 19.4. The molecule has 0 N–H and O–H groups in total. The Morgan fingerprint density at radius 1 is 1.12 bits per heavy atom. The average Bonchev–Trinajstić information content (AvgIpc) is 2.96. The number of carbonyl (C=O) groups is 2. The summed E-state index contributed by atoms with van der Waals surface area (Å²) in [5, 5.41) is 0. The monoisotopic (exact) mass is 354 g/mol. The van der Waals surface area contributed by atoms with Crippen LogP contribution in [0.2, 0.25) is 0 Å². The zero-order valence-electron chi connectivity index (χ0n) is 14.1. The molecule has 2 saturated heterocycles. The number of nitrogens with zero attached hydrogens (tertiary/aromatic N) is 2. The zero-order chi connectivity index (χ0) is 18.2.